The highest BCUT2D eigenvalue weighted by molar-refractivity contribution is 7.89. The molecule has 0 spiro atoms. The molecule has 0 aliphatic carbocycles. The van der Waals surface area contributed by atoms with Crippen LogP contribution in [-0.2, 0) is 31.3 Å². The highest BCUT2D eigenvalue weighted by Crippen LogP contribution is 2.32. The van der Waals surface area contributed by atoms with Gasteiger partial charge in [-0.3, -0.25) is 9.48 Å². The topological polar surface area (TPSA) is 123 Å². The van der Waals surface area contributed by atoms with Gasteiger partial charge in [-0.1, -0.05) is 0 Å². The van der Waals surface area contributed by atoms with Crippen LogP contribution in [0.2, 0.25) is 0 Å². The zero-order valence-corrected chi connectivity index (χ0v) is 19.2. The molecule has 2 aliphatic rings. The normalized spacial score (nSPS) is 17.2. The third-order valence-corrected chi connectivity index (χ3v) is 7.47. The van der Waals surface area contributed by atoms with E-state index < -0.39 is 28.5 Å². The minimum Gasteiger partial charge on any atom is -0.452 e. The van der Waals surface area contributed by atoms with E-state index in [1.165, 1.54) is 27.4 Å². The van der Waals surface area contributed by atoms with Crippen LogP contribution in [-0.4, -0.2) is 80.4 Å². The van der Waals surface area contributed by atoms with Crippen LogP contribution >= 0.6 is 0 Å². The van der Waals surface area contributed by atoms with Gasteiger partial charge in [0.25, 0.3) is 5.91 Å². The molecule has 2 aromatic rings. The van der Waals surface area contributed by atoms with E-state index in [4.69, 9.17) is 9.47 Å². The lowest BCUT2D eigenvalue weighted by molar-refractivity contribution is -0.119. The van der Waals surface area contributed by atoms with Gasteiger partial charge >= 0.3 is 5.97 Å². The standard InChI is InChI=1S/C21H27N5O6S/c1-24-14-16(13-22-24)21(28)32-15-20(27)23-18-12-17(4-5-19(18)25-6-2-3-7-25)33(29,30)26-8-10-31-11-9-26/h4-5,12-14H,2-3,6-11,15H2,1H3,(H,23,27). The highest BCUT2D eigenvalue weighted by atomic mass is 32.2. The maximum absolute atomic E-state index is 13.1. The van der Waals surface area contributed by atoms with E-state index in [0.29, 0.717) is 18.9 Å². The van der Waals surface area contributed by atoms with Crippen molar-refractivity contribution in [1.82, 2.24) is 14.1 Å². The molecule has 1 N–H and O–H groups in total. The van der Waals surface area contributed by atoms with Crippen molar-refractivity contribution in [3.63, 3.8) is 0 Å². The van der Waals surface area contributed by atoms with Crippen molar-refractivity contribution < 1.29 is 27.5 Å². The van der Waals surface area contributed by atoms with Gasteiger partial charge in [0, 0.05) is 39.4 Å². The summed E-state index contributed by atoms with van der Waals surface area (Å²) in [6.45, 7) is 2.37. The molecule has 0 saturated carbocycles. The molecule has 4 rings (SSSR count). The van der Waals surface area contributed by atoms with E-state index in [9.17, 15) is 18.0 Å². The molecule has 11 nitrogen and oxygen atoms in total. The van der Waals surface area contributed by atoms with E-state index in [0.717, 1.165) is 31.6 Å². The van der Waals surface area contributed by atoms with Crippen molar-refractivity contribution in [2.75, 3.05) is 56.2 Å². The predicted octanol–water partition coefficient (Wildman–Crippen LogP) is 0.837. The summed E-state index contributed by atoms with van der Waals surface area (Å²) in [6.07, 6.45) is 4.88. The maximum Gasteiger partial charge on any atom is 0.341 e. The van der Waals surface area contributed by atoms with Crippen molar-refractivity contribution in [1.29, 1.82) is 0 Å². The molecule has 2 saturated heterocycles. The molecule has 0 unspecified atom stereocenters. The number of aryl methyl sites for hydroxylation is 1. The first-order chi connectivity index (χ1) is 15.8. The first-order valence-corrected chi connectivity index (χ1v) is 12.2. The fourth-order valence-corrected chi connectivity index (χ4v) is 5.31. The first-order valence-electron chi connectivity index (χ1n) is 10.8. The summed E-state index contributed by atoms with van der Waals surface area (Å²) in [5.74, 6) is -1.23. The summed E-state index contributed by atoms with van der Waals surface area (Å²) in [6, 6.07) is 4.76. The van der Waals surface area contributed by atoms with Crippen LogP contribution < -0.4 is 10.2 Å². The molecular weight excluding hydrogens is 450 g/mol. The Morgan fingerprint density at radius 1 is 1.15 bits per heavy atom. The van der Waals surface area contributed by atoms with Crippen molar-refractivity contribution in [3.8, 4) is 0 Å². The molecule has 1 aromatic carbocycles. The third-order valence-electron chi connectivity index (χ3n) is 5.57. The lowest BCUT2D eigenvalue weighted by Crippen LogP contribution is -2.40. The number of hydrogen-bond donors (Lipinski definition) is 1. The van der Waals surface area contributed by atoms with Gasteiger partial charge in [0.2, 0.25) is 10.0 Å². The number of nitrogens with zero attached hydrogens (tertiary/aromatic N) is 4. The van der Waals surface area contributed by atoms with Gasteiger partial charge in [-0.25, -0.2) is 13.2 Å². The van der Waals surface area contributed by atoms with Crippen LogP contribution in [0.25, 0.3) is 0 Å². The molecule has 1 amide bonds. The summed E-state index contributed by atoms with van der Waals surface area (Å²) in [7, 11) is -2.06. The van der Waals surface area contributed by atoms with Gasteiger partial charge in [-0.2, -0.15) is 9.40 Å². The largest absolute Gasteiger partial charge is 0.452 e. The molecule has 178 valence electrons. The molecule has 0 radical (unpaired) electrons. The third kappa shape index (κ3) is 5.34. The predicted molar refractivity (Wildman–Crippen MR) is 120 cm³/mol. The average molecular weight is 478 g/mol. The zero-order chi connectivity index (χ0) is 23.4. The Labute approximate surface area is 192 Å². The van der Waals surface area contributed by atoms with Crippen LogP contribution in [0.15, 0.2) is 35.5 Å². The number of carbonyl (C=O) groups excluding carboxylic acids is 2. The molecule has 0 atom stereocenters. The van der Waals surface area contributed by atoms with Gasteiger partial charge in [0.15, 0.2) is 6.61 Å². The number of ether oxygens (including phenoxy) is 2. The van der Waals surface area contributed by atoms with Crippen molar-refractivity contribution >= 4 is 33.3 Å². The quantitative estimate of drug-likeness (QED) is 0.582. The smallest absolute Gasteiger partial charge is 0.341 e. The zero-order valence-electron chi connectivity index (χ0n) is 18.4. The van der Waals surface area contributed by atoms with Crippen molar-refractivity contribution in [2.24, 2.45) is 7.05 Å². The molecule has 2 aliphatic heterocycles. The van der Waals surface area contributed by atoms with Crippen molar-refractivity contribution in [2.45, 2.75) is 17.7 Å². The number of amides is 1. The number of benzene rings is 1. The number of hydrogen-bond acceptors (Lipinski definition) is 8. The van der Waals surface area contributed by atoms with E-state index in [2.05, 4.69) is 15.3 Å². The molecule has 0 bridgehead atoms. The summed E-state index contributed by atoms with van der Waals surface area (Å²) in [5, 5.41) is 6.63. The fourth-order valence-electron chi connectivity index (χ4n) is 3.87. The Morgan fingerprint density at radius 2 is 1.88 bits per heavy atom. The minimum atomic E-state index is -3.73. The second-order valence-electron chi connectivity index (χ2n) is 7.92. The molecule has 12 heteroatoms. The van der Waals surface area contributed by atoms with E-state index in [-0.39, 0.29) is 23.5 Å². The van der Waals surface area contributed by atoms with Crippen LogP contribution in [0.3, 0.4) is 0 Å². The number of carbonyl (C=O) groups is 2. The highest BCUT2D eigenvalue weighted by Gasteiger charge is 2.28. The number of anilines is 2. The second-order valence-corrected chi connectivity index (χ2v) is 9.85. The second kappa shape index (κ2) is 9.89. The van der Waals surface area contributed by atoms with Crippen LogP contribution in [0.5, 0.6) is 0 Å². The van der Waals surface area contributed by atoms with Crippen LogP contribution in [0, 0.1) is 0 Å². The minimum absolute atomic E-state index is 0.0926. The van der Waals surface area contributed by atoms with Crippen LogP contribution in [0.4, 0.5) is 11.4 Å². The van der Waals surface area contributed by atoms with Gasteiger partial charge in [0.1, 0.15) is 0 Å². The molecular formula is C21H27N5O6S. The molecule has 1 aromatic heterocycles. The number of sulfonamides is 1. The summed E-state index contributed by atoms with van der Waals surface area (Å²) < 4.78 is 39.4. The molecule has 3 heterocycles. The van der Waals surface area contributed by atoms with E-state index in [1.807, 2.05) is 0 Å². The lowest BCUT2D eigenvalue weighted by Gasteiger charge is -2.27. The summed E-state index contributed by atoms with van der Waals surface area (Å²) in [5.41, 5.74) is 1.34. The Bertz CT molecular complexity index is 1120. The summed E-state index contributed by atoms with van der Waals surface area (Å²) in [4.78, 5) is 26.9. The van der Waals surface area contributed by atoms with Gasteiger partial charge in [-0.15, -0.1) is 0 Å². The van der Waals surface area contributed by atoms with E-state index in [1.54, 1.807) is 19.2 Å². The SMILES string of the molecule is Cn1cc(C(=O)OCC(=O)Nc2cc(S(=O)(=O)N3CCOCC3)ccc2N2CCCC2)cn1. The van der Waals surface area contributed by atoms with Gasteiger partial charge in [0.05, 0.1) is 41.2 Å². The monoisotopic (exact) mass is 477 g/mol. The van der Waals surface area contributed by atoms with Crippen LogP contribution in [0.1, 0.15) is 23.2 Å². The fraction of sp³-hybridized carbons (Fsp3) is 0.476. The number of rotatable bonds is 7. The number of esters is 1. The van der Waals surface area contributed by atoms with Crippen molar-refractivity contribution in [3.05, 3.63) is 36.2 Å². The van der Waals surface area contributed by atoms with Gasteiger partial charge < -0.3 is 19.7 Å². The Morgan fingerprint density at radius 3 is 2.55 bits per heavy atom. The number of nitrogens with one attached hydrogen (secondary N) is 1. The Hall–Kier alpha value is -2.96. The summed E-state index contributed by atoms with van der Waals surface area (Å²) >= 11 is 0. The maximum atomic E-state index is 13.1. The Kier molecular flexibility index (Phi) is 6.96. The van der Waals surface area contributed by atoms with E-state index >= 15 is 0 Å². The lowest BCUT2D eigenvalue weighted by atomic mass is 10.2. The number of morpholine rings is 1. The Balaban J connectivity index is 1.52. The molecule has 33 heavy (non-hydrogen) atoms. The number of aromatic nitrogens is 2. The molecule has 2 fully saturated rings. The first kappa shape index (κ1) is 23.2. The van der Waals surface area contributed by atoms with Gasteiger partial charge in [-0.05, 0) is 31.0 Å². The average Bonchev–Trinajstić information content (AvgIpc) is 3.50.